The number of likely N-dealkylation sites (tertiary alicyclic amines) is 1. The lowest BCUT2D eigenvalue weighted by Gasteiger charge is -2.31. The van der Waals surface area contributed by atoms with Gasteiger partial charge in [0.05, 0.1) is 26.6 Å². The van der Waals surface area contributed by atoms with Crippen LogP contribution in [-0.2, 0) is 21.4 Å². The van der Waals surface area contributed by atoms with Gasteiger partial charge in [0, 0.05) is 33.2 Å². The summed E-state index contributed by atoms with van der Waals surface area (Å²) in [5.74, 6) is -1.61. The number of hydrogen-bond donors (Lipinski definition) is 0. The normalized spacial score (nSPS) is 16.3. The number of amides is 2. The number of esters is 1. The Balaban J connectivity index is 1.60. The number of ether oxygens (including phenoxy) is 2. The van der Waals surface area contributed by atoms with Gasteiger partial charge < -0.3 is 9.47 Å². The first-order chi connectivity index (χ1) is 18.3. The van der Waals surface area contributed by atoms with E-state index in [2.05, 4.69) is 19.6 Å². The van der Waals surface area contributed by atoms with E-state index in [4.69, 9.17) is 44.3 Å². The van der Waals surface area contributed by atoms with Crippen molar-refractivity contribution in [3.05, 3.63) is 61.4 Å². The van der Waals surface area contributed by atoms with Gasteiger partial charge in [-0.05, 0) is 42.8 Å². The Morgan fingerprint density at radius 3 is 2.33 bits per heavy atom. The number of carbonyl (C=O) groups excluding carboxylic acids is 3. The lowest BCUT2D eigenvalue weighted by atomic mass is 10.0. The number of fused-ring (bicyclic) bond motifs is 1. The van der Waals surface area contributed by atoms with E-state index in [1.165, 1.54) is 33.4 Å². The van der Waals surface area contributed by atoms with Crippen LogP contribution in [0.1, 0.15) is 29.2 Å². The molecule has 1 saturated heterocycles. The fraction of sp³-hybridized carbons (Fsp3) is 0.385. The number of benzene rings is 2. The number of hydrogen-bond acceptors (Lipinski definition) is 6. The molecular formula is C26H28Cl3N3O6Si. The predicted molar refractivity (Wildman–Crippen MR) is 153 cm³/mol. The molecule has 13 heteroatoms. The third-order valence-corrected chi connectivity index (χ3v) is 8.98. The van der Waals surface area contributed by atoms with Crippen molar-refractivity contribution in [2.75, 3.05) is 13.3 Å². The zero-order valence-corrected chi connectivity index (χ0v) is 25.2. The van der Waals surface area contributed by atoms with Crippen molar-refractivity contribution in [1.29, 1.82) is 0 Å². The van der Waals surface area contributed by atoms with Crippen molar-refractivity contribution in [2.45, 2.75) is 44.6 Å². The second-order valence-corrected chi connectivity index (χ2v) is 17.4. The molecule has 0 radical (unpaired) electrons. The van der Waals surface area contributed by atoms with E-state index in [9.17, 15) is 19.2 Å². The largest absolute Gasteiger partial charge is 0.420 e. The van der Waals surface area contributed by atoms with Crippen molar-refractivity contribution >= 4 is 71.7 Å². The minimum absolute atomic E-state index is 0.0380. The van der Waals surface area contributed by atoms with Crippen LogP contribution in [0.15, 0.2) is 35.1 Å². The summed E-state index contributed by atoms with van der Waals surface area (Å²) in [6, 6.07) is 7.35. The molecule has 1 aromatic heterocycles. The molecule has 1 aliphatic rings. The van der Waals surface area contributed by atoms with Crippen molar-refractivity contribution < 1.29 is 23.9 Å². The van der Waals surface area contributed by atoms with Crippen LogP contribution in [0.25, 0.3) is 11.0 Å². The van der Waals surface area contributed by atoms with Gasteiger partial charge in [-0.15, -0.1) is 0 Å². The molecule has 208 valence electrons. The lowest BCUT2D eigenvalue weighted by molar-refractivity contribution is -0.157. The number of halogens is 3. The molecule has 1 atom stereocenters. The van der Waals surface area contributed by atoms with Crippen LogP contribution >= 0.6 is 34.8 Å². The number of aryl methyl sites for hydroxylation is 1. The highest BCUT2D eigenvalue weighted by molar-refractivity contribution is 6.76. The molecule has 0 N–H and O–H groups in total. The van der Waals surface area contributed by atoms with Crippen molar-refractivity contribution in [1.82, 2.24) is 14.0 Å². The molecule has 0 spiro atoms. The number of carbonyl (C=O) groups is 3. The molecule has 1 unspecified atom stereocenters. The molecule has 2 heterocycles. The van der Waals surface area contributed by atoms with Gasteiger partial charge in [0.15, 0.2) is 5.75 Å². The Morgan fingerprint density at radius 1 is 1.03 bits per heavy atom. The van der Waals surface area contributed by atoms with Crippen LogP contribution in [0, 0.1) is 0 Å². The first kappa shape index (κ1) is 29.4. The molecule has 3 aromatic rings. The summed E-state index contributed by atoms with van der Waals surface area (Å²) < 4.78 is 13.8. The van der Waals surface area contributed by atoms with E-state index in [1.54, 1.807) is 13.1 Å². The highest BCUT2D eigenvalue weighted by atomic mass is 35.5. The van der Waals surface area contributed by atoms with E-state index in [-0.39, 0.29) is 46.8 Å². The van der Waals surface area contributed by atoms with Crippen molar-refractivity contribution in [3.63, 3.8) is 0 Å². The number of piperidine rings is 1. The number of nitrogens with zero attached hydrogens (tertiary/aromatic N) is 3. The van der Waals surface area contributed by atoms with Gasteiger partial charge in [-0.1, -0.05) is 54.4 Å². The van der Waals surface area contributed by atoms with Crippen molar-refractivity contribution in [2.24, 2.45) is 7.05 Å². The van der Waals surface area contributed by atoms with Gasteiger partial charge in [0.1, 0.15) is 12.8 Å². The number of rotatable bonds is 8. The maximum Gasteiger partial charge on any atom is 0.343 e. The van der Waals surface area contributed by atoms with Crippen LogP contribution in [0.5, 0.6) is 5.75 Å². The quantitative estimate of drug-likeness (QED) is 0.109. The average Bonchev–Trinajstić information content (AvgIpc) is 3.09. The summed E-state index contributed by atoms with van der Waals surface area (Å²) >= 11 is 18.2. The van der Waals surface area contributed by atoms with E-state index in [1.807, 2.05) is 0 Å². The molecule has 0 saturated carbocycles. The average molecular weight is 613 g/mol. The fourth-order valence-corrected chi connectivity index (χ4v) is 5.95. The summed E-state index contributed by atoms with van der Waals surface area (Å²) in [5, 5.41) is 0.429. The first-order valence-corrected chi connectivity index (χ1v) is 17.1. The molecule has 4 rings (SSSR count). The molecule has 39 heavy (non-hydrogen) atoms. The SMILES string of the molecule is Cn1c(=O)n(C2CCC(=O)N(COCC[Si](C)(C)C)C2=O)c2ccc(C(=O)Oc3c(Cl)cc(Cl)cc3Cl)cc21. The molecule has 1 fully saturated rings. The molecule has 2 amide bonds. The highest BCUT2D eigenvalue weighted by Gasteiger charge is 2.37. The van der Waals surface area contributed by atoms with Crippen molar-refractivity contribution in [3.8, 4) is 5.75 Å². The molecular weight excluding hydrogens is 585 g/mol. The topological polar surface area (TPSA) is 99.8 Å². The predicted octanol–water partition coefficient (Wildman–Crippen LogP) is 5.52. The Hall–Kier alpha value is -2.63. The smallest absolute Gasteiger partial charge is 0.343 e. The Labute approximate surface area is 241 Å². The third kappa shape index (κ3) is 6.25. The summed E-state index contributed by atoms with van der Waals surface area (Å²) in [7, 11) is 0.205. The summed E-state index contributed by atoms with van der Waals surface area (Å²) in [5.41, 5.74) is 0.533. The van der Waals surface area contributed by atoms with Crippen LogP contribution in [0.3, 0.4) is 0 Å². The van der Waals surface area contributed by atoms with Crippen LogP contribution < -0.4 is 10.4 Å². The zero-order chi connectivity index (χ0) is 28.6. The number of imide groups is 1. The molecule has 2 aromatic carbocycles. The Morgan fingerprint density at radius 2 is 1.69 bits per heavy atom. The van der Waals surface area contributed by atoms with Gasteiger partial charge >= 0.3 is 11.7 Å². The van der Waals surface area contributed by atoms with E-state index < -0.39 is 31.7 Å². The van der Waals surface area contributed by atoms with Gasteiger partial charge in [-0.2, -0.15) is 0 Å². The number of imidazole rings is 1. The second-order valence-electron chi connectivity index (χ2n) is 10.6. The maximum atomic E-state index is 13.4. The summed E-state index contributed by atoms with van der Waals surface area (Å²) in [6.45, 7) is 6.94. The monoisotopic (exact) mass is 611 g/mol. The minimum atomic E-state index is -1.34. The second kappa shape index (κ2) is 11.5. The summed E-state index contributed by atoms with van der Waals surface area (Å²) in [6.07, 6.45) is 0.281. The maximum absolute atomic E-state index is 13.4. The minimum Gasteiger partial charge on any atom is -0.420 e. The van der Waals surface area contributed by atoms with Gasteiger partial charge in [-0.3, -0.25) is 23.6 Å². The molecule has 0 bridgehead atoms. The standard InChI is InChI=1S/C26H28Cl3N3O6Si/c1-30-21-11-15(25(35)38-23-17(28)12-16(27)13-18(23)29)5-6-19(21)32(26(30)36)20-7-8-22(33)31(24(20)34)14-37-9-10-39(2,3)4/h5-6,11-13,20H,7-10,14H2,1-4H3. The van der Waals surface area contributed by atoms with Crippen LogP contribution in [-0.4, -0.2) is 53.2 Å². The van der Waals surface area contributed by atoms with E-state index in [0.29, 0.717) is 22.7 Å². The Kier molecular flexibility index (Phi) is 8.63. The highest BCUT2D eigenvalue weighted by Crippen LogP contribution is 2.36. The first-order valence-electron chi connectivity index (χ1n) is 12.3. The van der Waals surface area contributed by atoms with E-state index >= 15 is 0 Å². The fourth-order valence-electron chi connectivity index (χ4n) is 4.30. The molecule has 9 nitrogen and oxygen atoms in total. The van der Waals surface area contributed by atoms with Gasteiger partial charge in [-0.25, -0.2) is 9.59 Å². The van der Waals surface area contributed by atoms with Crippen LogP contribution in [0.2, 0.25) is 40.8 Å². The van der Waals surface area contributed by atoms with Gasteiger partial charge in [0.25, 0.3) is 5.91 Å². The molecule has 0 aliphatic carbocycles. The lowest BCUT2D eigenvalue weighted by Crippen LogP contribution is -2.48. The molecule has 1 aliphatic heterocycles. The Bertz CT molecular complexity index is 1500. The van der Waals surface area contributed by atoms with E-state index in [0.717, 1.165) is 10.9 Å². The number of aromatic nitrogens is 2. The third-order valence-electron chi connectivity index (χ3n) is 6.50. The summed E-state index contributed by atoms with van der Waals surface area (Å²) in [4.78, 5) is 53.1. The van der Waals surface area contributed by atoms with Crippen LogP contribution in [0.4, 0.5) is 0 Å². The zero-order valence-electron chi connectivity index (χ0n) is 21.9. The van der Waals surface area contributed by atoms with Gasteiger partial charge in [0.2, 0.25) is 5.91 Å².